The average Bonchev–Trinajstić information content (AvgIpc) is 2.74. The fourth-order valence-electron chi connectivity index (χ4n) is 5.29. The van der Waals surface area contributed by atoms with Gasteiger partial charge in [-0.2, -0.15) is 0 Å². The van der Waals surface area contributed by atoms with Gasteiger partial charge >= 0.3 is 0 Å². The first kappa shape index (κ1) is 28.4. The largest absolute Gasteiger partial charge is 0.263 e. The van der Waals surface area contributed by atoms with Crippen LogP contribution in [0.4, 0.5) is 0 Å². The Morgan fingerprint density at radius 2 is 0.879 bits per heavy atom. The van der Waals surface area contributed by atoms with E-state index in [4.69, 9.17) is 4.98 Å². The Bertz CT molecular complexity index is 935. The molecule has 0 saturated heterocycles. The number of nitrogens with zero attached hydrogens (tertiary/aromatic N) is 1. The molecule has 0 fully saturated rings. The molecule has 1 nitrogen and oxygen atoms in total. The van der Waals surface area contributed by atoms with E-state index in [0.717, 1.165) is 0 Å². The molecule has 0 aliphatic rings. The summed E-state index contributed by atoms with van der Waals surface area (Å²) in [5.74, 6) is 0. The van der Waals surface area contributed by atoms with Crippen molar-refractivity contribution in [2.75, 3.05) is 0 Å². The molecule has 0 bridgehead atoms. The summed E-state index contributed by atoms with van der Waals surface area (Å²) >= 11 is 0. The van der Waals surface area contributed by atoms with E-state index in [9.17, 15) is 0 Å². The summed E-state index contributed by atoms with van der Waals surface area (Å²) in [6.45, 7) is 19.1. The van der Waals surface area contributed by atoms with E-state index in [-0.39, 0.29) is 20.4 Å². The van der Waals surface area contributed by atoms with Crippen LogP contribution in [0.5, 0.6) is 0 Å². The predicted octanol–water partition coefficient (Wildman–Crippen LogP) is 7.73. The van der Waals surface area contributed by atoms with Crippen LogP contribution in [0.25, 0.3) is 22.3 Å². The van der Waals surface area contributed by atoms with Crippen molar-refractivity contribution in [3.63, 3.8) is 0 Å². The molecule has 2 aromatic carbocycles. The summed E-state index contributed by atoms with van der Waals surface area (Å²) in [6, 6.07) is 20.5. The molecule has 1 heterocycles. The first-order chi connectivity index (χ1) is 15.2. The zero-order valence-corrected chi connectivity index (χ0v) is 25.0. The summed E-state index contributed by atoms with van der Waals surface area (Å²) < 4.78 is 0. The van der Waals surface area contributed by atoms with Gasteiger partial charge in [-0.15, -0.1) is 0 Å². The normalized spacial score (nSPS) is 11.8. The molecular weight excluding hydrogens is 531 g/mol. The van der Waals surface area contributed by atoms with Crippen LogP contribution in [-0.2, 0) is 20.4 Å². The fraction of sp³-hybridized carbons (Fsp3) is 0.414. The molecular formula is C29H41NP2Pd+2. The average molecular weight is 572 g/mol. The van der Waals surface area contributed by atoms with Crippen molar-refractivity contribution >= 4 is 26.5 Å². The van der Waals surface area contributed by atoms with Crippen molar-refractivity contribution in [1.82, 2.24) is 4.98 Å². The van der Waals surface area contributed by atoms with E-state index in [1.807, 2.05) is 0 Å². The van der Waals surface area contributed by atoms with Crippen LogP contribution < -0.4 is 10.6 Å². The second-order valence-electron chi connectivity index (χ2n) is 10.1. The molecule has 4 heteroatoms. The monoisotopic (exact) mass is 571 g/mol. The molecule has 0 unspecified atom stereocenters. The standard InChI is InChI=1S/C29H39NP2.Pd/c1-20(2)31(21(3)4)28-15-11-9-13-26(28)24-17-25(19-30-18-24)27-14-10-12-16-29(27)32(22(5)6)23(7)8;/h9-23H,1-8H3;/p+2. The molecule has 3 rings (SSSR count). The van der Waals surface area contributed by atoms with Gasteiger partial charge in [-0.3, -0.25) is 4.98 Å². The molecule has 0 saturated carbocycles. The zero-order valence-electron chi connectivity index (χ0n) is 21.4. The summed E-state index contributed by atoms with van der Waals surface area (Å²) in [6.07, 6.45) is 4.11. The van der Waals surface area contributed by atoms with Gasteiger partial charge in [0.15, 0.2) is 0 Å². The van der Waals surface area contributed by atoms with Gasteiger partial charge in [-0.25, -0.2) is 0 Å². The zero-order chi connectivity index (χ0) is 23.4. The smallest absolute Gasteiger partial charge is 0.0998 e. The third-order valence-corrected chi connectivity index (χ3v) is 13.4. The number of hydrogen-bond acceptors (Lipinski definition) is 1. The van der Waals surface area contributed by atoms with Crippen molar-refractivity contribution in [2.45, 2.75) is 78.0 Å². The summed E-state index contributed by atoms with van der Waals surface area (Å²) in [7, 11) is -1.35. The Hall–Kier alpha value is -0.888. The SMILES string of the molecule is CC(C)[PH+](c1ccccc1-c1cncc(-c2ccccc2[PH+](C(C)C)C(C)C)c1)C(C)C.[Pd]. The van der Waals surface area contributed by atoms with E-state index in [1.54, 1.807) is 10.6 Å². The van der Waals surface area contributed by atoms with Crippen LogP contribution >= 0.6 is 15.8 Å². The summed E-state index contributed by atoms with van der Waals surface area (Å²) in [5, 5.41) is 3.09. The van der Waals surface area contributed by atoms with Crippen molar-refractivity contribution in [1.29, 1.82) is 0 Å². The second-order valence-corrected chi connectivity index (χ2v) is 17.6. The molecule has 3 aromatic rings. The minimum Gasteiger partial charge on any atom is -0.263 e. The van der Waals surface area contributed by atoms with Crippen LogP contribution in [0.15, 0.2) is 67.0 Å². The molecule has 0 N–H and O–H groups in total. The molecule has 0 atom stereocenters. The molecule has 33 heavy (non-hydrogen) atoms. The third-order valence-electron chi connectivity index (χ3n) is 6.32. The van der Waals surface area contributed by atoms with Crippen LogP contribution in [-0.4, -0.2) is 27.6 Å². The molecule has 0 amide bonds. The van der Waals surface area contributed by atoms with E-state index < -0.39 is 15.8 Å². The molecule has 0 aliphatic carbocycles. The molecule has 180 valence electrons. The van der Waals surface area contributed by atoms with Crippen molar-refractivity contribution in [2.24, 2.45) is 0 Å². The van der Waals surface area contributed by atoms with Crippen molar-refractivity contribution in [3.05, 3.63) is 67.0 Å². The van der Waals surface area contributed by atoms with E-state index >= 15 is 0 Å². The minimum absolute atomic E-state index is 0. The van der Waals surface area contributed by atoms with E-state index in [0.29, 0.717) is 22.6 Å². The Labute approximate surface area is 218 Å². The van der Waals surface area contributed by atoms with Crippen molar-refractivity contribution < 1.29 is 20.4 Å². The summed E-state index contributed by atoms with van der Waals surface area (Å²) in [5.41, 5.74) is 8.02. The predicted molar refractivity (Wildman–Crippen MR) is 152 cm³/mol. The quantitative estimate of drug-likeness (QED) is 0.199. The van der Waals surface area contributed by atoms with Gasteiger partial charge in [0.1, 0.15) is 0 Å². The Morgan fingerprint density at radius 1 is 0.545 bits per heavy atom. The first-order valence-corrected chi connectivity index (χ1v) is 15.4. The van der Waals surface area contributed by atoms with Gasteiger partial charge in [-0.1, -0.05) is 36.4 Å². The maximum Gasteiger partial charge on any atom is 0.0998 e. The van der Waals surface area contributed by atoms with Gasteiger partial charge in [0, 0.05) is 70.9 Å². The Morgan fingerprint density at radius 3 is 1.21 bits per heavy atom. The maximum atomic E-state index is 4.74. The van der Waals surface area contributed by atoms with Gasteiger partial charge in [0.2, 0.25) is 0 Å². The van der Waals surface area contributed by atoms with Gasteiger partial charge in [0.25, 0.3) is 0 Å². The van der Waals surface area contributed by atoms with Gasteiger partial charge in [0.05, 0.1) is 33.2 Å². The molecule has 1 aromatic heterocycles. The topological polar surface area (TPSA) is 12.9 Å². The molecule has 0 radical (unpaired) electrons. The van der Waals surface area contributed by atoms with E-state index in [1.165, 1.54) is 22.3 Å². The summed E-state index contributed by atoms with van der Waals surface area (Å²) in [4.78, 5) is 4.74. The Balaban J connectivity index is 0.00000385. The Kier molecular flexibility index (Phi) is 10.9. The van der Waals surface area contributed by atoms with Crippen LogP contribution in [0.2, 0.25) is 0 Å². The minimum atomic E-state index is -0.676. The van der Waals surface area contributed by atoms with Crippen LogP contribution in [0.3, 0.4) is 0 Å². The number of hydrogen-bond donors (Lipinski definition) is 0. The van der Waals surface area contributed by atoms with Gasteiger partial charge < -0.3 is 0 Å². The number of rotatable bonds is 8. The number of pyridine rings is 1. The maximum absolute atomic E-state index is 4.74. The van der Waals surface area contributed by atoms with Crippen LogP contribution in [0.1, 0.15) is 55.4 Å². The molecule has 0 spiro atoms. The van der Waals surface area contributed by atoms with Gasteiger partial charge in [-0.05, 0) is 73.6 Å². The van der Waals surface area contributed by atoms with Crippen LogP contribution in [0, 0.1) is 0 Å². The second kappa shape index (κ2) is 12.7. The number of benzene rings is 2. The first-order valence-electron chi connectivity index (χ1n) is 12.1. The number of aromatic nitrogens is 1. The third kappa shape index (κ3) is 6.62. The molecule has 0 aliphatic heterocycles. The van der Waals surface area contributed by atoms with Crippen molar-refractivity contribution in [3.8, 4) is 22.3 Å². The fourth-order valence-corrected chi connectivity index (χ4v) is 12.1. The van der Waals surface area contributed by atoms with E-state index in [2.05, 4.69) is 122 Å².